The van der Waals surface area contributed by atoms with Crippen LogP contribution in [0.15, 0.2) is 75.0 Å². The number of guanidine groups is 1. The molecule has 192 valence electrons. The average Bonchev–Trinajstić information content (AvgIpc) is 2.90. The molecule has 12 heteroatoms. The van der Waals surface area contributed by atoms with E-state index in [-0.39, 0.29) is 5.96 Å². The second-order valence-electron chi connectivity index (χ2n) is 7.44. The number of anilines is 3. The Balaban J connectivity index is 1.82. The summed E-state index contributed by atoms with van der Waals surface area (Å²) < 4.78 is 16.0. The van der Waals surface area contributed by atoms with E-state index in [0.29, 0.717) is 51.0 Å². The van der Waals surface area contributed by atoms with E-state index in [4.69, 9.17) is 31.4 Å². The number of nitrogen functional groups attached to an aromatic ring is 3. The standard InChI is InChI=1S/C25H29N9O3/c1-35-22-10-19(26)7-4-16(22)13-29-32-25(33-30-14-17-5-8-20(27)11-23(17)36-2)34-31-15-18-6-9-21(28)12-24(18)37-3/h4-15H,26-28H2,1-3H3,(H2,32,33,34). The van der Waals surface area contributed by atoms with E-state index in [1.54, 1.807) is 88.4 Å². The summed E-state index contributed by atoms with van der Waals surface area (Å²) in [4.78, 5) is 0. The third kappa shape index (κ3) is 7.62. The maximum Gasteiger partial charge on any atom is 0.257 e. The Morgan fingerprint density at radius 1 is 0.622 bits per heavy atom. The number of rotatable bonds is 9. The van der Waals surface area contributed by atoms with E-state index in [1.807, 2.05) is 0 Å². The van der Waals surface area contributed by atoms with Crippen molar-refractivity contribution >= 4 is 41.7 Å². The van der Waals surface area contributed by atoms with Crippen LogP contribution in [0.5, 0.6) is 17.2 Å². The van der Waals surface area contributed by atoms with Gasteiger partial charge in [-0.3, -0.25) is 0 Å². The molecule has 0 fully saturated rings. The second kappa shape index (κ2) is 13.0. The van der Waals surface area contributed by atoms with Gasteiger partial charge in [0.1, 0.15) is 17.2 Å². The zero-order valence-electron chi connectivity index (χ0n) is 20.7. The van der Waals surface area contributed by atoms with Gasteiger partial charge < -0.3 is 31.4 Å². The summed E-state index contributed by atoms with van der Waals surface area (Å²) in [6.45, 7) is 0. The maximum atomic E-state index is 5.81. The Morgan fingerprint density at radius 3 is 1.38 bits per heavy atom. The molecule has 0 bridgehead atoms. The summed E-state index contributed by atoms with van der Waals surface area (Å²) in [6, 6.07) is 15.6. The molecule has 0 heterocycles. The molecule has 0 spiro atoms. The first-order valence-corrected chi connectivity index (χ1v) is 10.9. The van der Waals surface area contributed by atoms with Gasteiger partial charge in [-0.1, -0.05) is 0 Å². The fraction of sp³-hybridized carbons (Fsp3) is 0.120. The van der Waals surface area contributed by atoms with Crippen LogP contribution in [-0.2, 0) is 0 Å². The topological polar surface area (TPSA) is 179 Å². The van der Waals surface area contributed by atoms with Crippen molar-refractivity contribution in [1.29, 1.82) is 0 Å². The molecule has 0 aromatic heterocycles. The molecule has 3 aromatic carbocycles. The Kier molecular flexibility index (Phi) is 9.25. The van der Waals surface area contributed by atoms with E-state index in [9.17, 15) is 0 Å². The van der Waals surface area contributed by atoms with E-state index >= 15 is 0 Å². The van der Waals surface area contributed by atoms with Gasteiger partial charge in [0.15, 0.2) is 0 Å². The summed E-state index contributed by atoms with van der Waals surface area (Å²) in [5.74, 6) is 1.82. The van der Waals surface area contributed by atoms with Gasteiger partial charge >= 0.3 is 0 Å². The monoisotopic (exact) mass is 503 g/mol. The quantitative estimate of drug-likeness (QED) is 0.128. The van der Waals surface area contributed by atoms with Crippen molar-refractivity contribution < 1.29 is 14.2 Å². The molecular weight excluding hydrogens is 474 g/mol. The van der Waals surface area contributed by atoms with Crippen LogP contribution in [0.25, 0.3) is 0 Å². The van der Waals surface area contributed by atoms with E-state index in [2.05, 4.69) is 31.3 Å². The molecule has 0 aliphatic carbocycles. The molecule has 8 N–H and O–H groups in total. The van der Waals surface area contributed by atoms with Crippen LogP contribution in [0.1, 0.15) is 16.7 Å². The van der Waals surface area contributed by atoms with Crippen molar-refractivity contribution in [2.24, 2.45) is 20.4 Å². The maximum absolute atomic E-state index is 5.81. The lowest BCUT2D eigenvalue weighted by atomic mass is 10.2. The van der Waals surface area contributed by atoms with E-state index in [1.165, 1.54) is 6.21 Å². The Labute approximate surface area is 214 Å². The van der Waals surface area contributed by atoms with Crippen LogP contribution < -0.4 is 42.3 Å². The van der Waals surface area contributed by atoms with Gasteiger partial charge in [0, 0.05) is 52.0 Å². The Hall–Kier alpha value is -5.26. The van der Waals surface area contributed by atoms with E-state index < -0.39 is 0 Å². The molecule has 0 atom stereocenters. The molecule has 37 heavy (non-hydrogen) atoms. The normalized spacial score (nSPS) is 11.1. The highest BCUT2D eigenvalue weighted by atomic mass is 16.5. The number of ether oxygens (including phenoxy) is 3. The molecule has 3 aromatic rings. The highest BCUT2D eigenvalue weighted by Gasteiger charge is 2.04. The van der Waals surface area contributed by atoms with Crippen LogP contribution in [-0.4, -0.2) is 45.9 Å². The van der Waals surface area contributed by atoms with Gasteiger partial charge in [-0.05, 0) is 36.4 Å². The van der Waals surface area contributed by atoms with Crippen LogP contribution in [0.3, 0.4) is 0 Å². The van der Waals surface area contributed by atoms with Crippen molar-refractivity contribution in [3.8, 4) is 17.2 Å². The molecule has 0 aliphatic rings. The third-order valence-corrected chi connectivity index (χ3v) is 4.88. The van der Waals surface area contributed by atoms with Gasteiger partial charge in [0.05, 0.1) is 40.0 Å². The van der Waals surface area contributed by atoms with Crippen molar-refractivity contribution in [2.75, 3.05) is 38.5 Å². The molecule has 3 rings (SSSR count). The molecule has 0 unspecified atom stereocenters. The minimum Gasteiger partial charge on any atom is -0.496 e. The fourth-order valence-electron chi connectivity index (χ4n) is 3.05. The number of hydrogen-bond donors (Lipinski definition) is 5. The lowest BCUT2D eigenvalue weighted by Gasteiger charge is -2.07. The van der Waals surface area contributed by atoms with Gasteiger partial charge in [0.25, 0.3) is 5.96 Å². The molecule has 0 radical (unpaired) electrons. The summed E-state index contributed by atoms with van der Waals surface area (Å²) in [6.07, 6.45) is 4.62. The lowest BCUT2D eigenvalue weighted by molar-refractivity contribution is 0.414. The number of nitrogens with zero attached hydrogens (tertiary/aromatic N) is 4. The van der Waals surface area contributed by atoms with Gasteiger partial charge in [0.2, 0.25) is 0 Å². The molecule has 0 amide bonds. The van der Waals surface area contributed by atoms with Crippen molar-refractivity contribution in [1.82, 2.24) is 10.9 Å². The predicted octanol–water partition coefficient (Wildman–Crippen LogP) is 2.40. The first-order valence-electron chi connectivity index (χ1n) is 10.9. The molecular formula is C25H29N9O3. The van der Waals surface area contributed by atoms with Crippen molar-refractivity contribution in [2.45, 2.75) is 0 Å². The highest BCUT2D eigenvalue weighted by Crippen LogP contribution is 2.21. The Bertz CT molecular complexity index is 1270. The number of benzene rings is 3. The van der Waals surface area contributed by atoms with Gasteiger partial charge in [-0.2, -0.15) is 15.3 Å². The molecule has 12 nitrogen and oxygen atoms in total. The average molecular weight is 504 g/mol. The zero-order chi connectivity index (χ0) is 26.6. The fourth-order valence-corrected chi connectivity index (χ4v) is 3.05. The van der Waals surface area contributed by atoms with Gasteiger partial charge in [-0.15, -0.1) is 5.10 Å². The molecule has 0 saturated carbocycles. The highest BCUT2D eigenvalue weighted by molar-refractivity contribution is 5.89. The first-order chi connectivity index (χ1) is 17.9. The van der Waals surface area contributed by atoms with E-state index in [0.717, 1.165) is 0 Å². The van der Waals surface area contributed by atoms with Gasteiger partial charge in [-0.25, -0.2) is 10.9 Å². The van der Waals surface area contributed by atoms with Crippen LogP contribution in [0.2, 0.25) is 0 Å². The smallest absolute Gasteiger partial charge is 0.257 e. The third-order valence-electron chi connectivity index (χ3n) is 4.88. The number of hydrazone groups is 2. The molecule has 0 saturated heterocycles. The number of nitrogens with one attached hydrogen (secondary N) is 2. The summed E-state index contributed by atoms with van der Waals surface area (Å²) >= 11 is 0. The Morgan fingerprint density at radius 2 is 1.00 bits per heavy atom. The van der Waals surface area contributed by atoms with Crippen molar-refractivity contribution in [3.63, 3.8) is 0 Å². The van der Waals surface area contributed by atoms with Crippen LogP contribution in [0, 0.1) is 0 Å². The summed E-state index contributed by atoms with van der Waals surface area (Å²) in [5.41, 5.74) is 26.8. The predicted molar refractivity (Wildman–Crippen MR) is 149 cm³/mol. The largest absolute Gasteiger partial charge is 0.496 e. The number of hydrogen-bond acceptors (Lipinski definition) is 10. The summed E-state index contributed by atoms with van der Waals surface area (Å²) in [7, 11) is 4.65. The minimum atomic E-state index is 0.127. The zero-order valence-corrected chi connectivity index (χ0v) is 20.7. The SMILES string of the molecule is COc1cc(N)ccc1C=NN=C(NN=Cc1ccc(N)cc1OC)NN=Cc1ccc(N)cc1OC. The van der Waals surface area contributed by atoms with Crippen LogP contribution >= 0.6 is 0 Å². The first kappa shape index (κ1) is 26.3. The molecule has 0 aliphatic heterocycles. The second-order valence-corrected chi connectivity index (χ2v) is 7.44. The number of nitrogens with two attached hydrogens (primary N) is 3. The number of methoxy groups -OCH3 is 3. The minimum absolute atomic E-state index is 0.127. The van der Waals surface area contributed by atoms with Crippen molar-refractivity contribution in [3.05, 3.63) is 71.3 Å². The lowest BCUT2D eigenvalue weighted by Crippen LogP contribution is -2.30. The summed E-state index contributed by atoms with van der Waals surface area (Å²) in [5, 5.41) is 16.7. The van der Waals surface area contributed by atoms with Crippen LogP contribution in [0.4, 0.5) is 17.1 Å².